The molecule has 1 amide bonds. The summed E-state index contributed by atoms with van der Waals surface area (Å²) in [5, 5.41) is 29.0. The summed E-state index contributed by atoms with van der Waals surface area (Å²) in [5.41, 5.74) is 1.44. The molecule has 2 heterocycles. The number of ether oxygens (including phenoxy) is 2. The van der Waals surface area contributed by atoms with Gasteiger partial charge >= 0.3 is 6.09 Å². The Morgan fingerprint density at radius 3 is 2.56 bits per heavy atom. The van der Waals surface area contributed by atoms with Crippen LogP contribution in [0.3, 0.4) is 0 Å². The van der Waals surface area contributed by atoms with Crippen molar-refractivity contribution in [2.75, 3.05) is 13.2 Å². The van der Waals surface area contributed by atoms with E-state index in [1.165, 1.54) is 0 Å². The maximum absolute atomic E-state index is 11.3. The minimum atomic E-state index is -1.24. The van der Waals surface area contributed by atoms with Crippen LogP contribution in [-0.2, 0) is 15.0 Å². The second-order valence-electron chi connectivity index (χ2n) is 6.30. The molecule has 134 valence electrons. The van der Waals surface area contributed by atoms with Crippen LogP contribution in [-0.4, -0.2) is 41.2 Å². The molecule has 0 bridgehead atoms. The molecular formula is C16H19N3O6. The van der Waals surface area contributed by atoms with E-state index in [0.717, 1.165) is 0 Å². The highest BCUT2D eigenvalue weighted by Crippen LogP contribution is 2.35. The van der Waals surface area contributed by atoms with Gasteiger partial charge in [0.05, 0.1) is 13.2 Å². The number of fused-ring (bicyclic) bond motifs is 1. The van der Waals surface area contributed by atoms with Crippen molar-refractivity contribution in [1.82, 2.24) is 10.8 Å². The molecule has 5 N–H and O–H groups in total. The van der Waals surface area contributed by atoms with Gasteiger partial charge in [0.15, 0.2) is 5.79 Å². The number of hydrogen-bond acceptors (Lipinski definition) is 6. The van der Waals surface area contributed by atoms with Crippen molar-refractivity contribution >= 4 is 22.9 Å². The lowest BCUT2D eigenvalue weighted by Gasteiger charge is -2.41. The normalized spacial score (nSPS) is 18.7. The first-order chi connectivity index (χ1) is 11.8. The van der Waals surface area contributed by atoms with Crippen molar-refractivity contribution in [3.05, 3.63) is 35.6 Å². The van der Waals surface area contributed by atoms with E-state index in [4.69, 9.17) is 24.5 Å². The molecule has 25 heavy (non-hydrogen) atoms. The van der Waals surface area contributed by atoms with Crippen LogP contribution in [0.5, 0.6) is 0 Å². The van der Waals surface area contributed by atoms with E-state index in [0.29, 0.717) is 22.3 Å². The monoisotopic (exact) mass is 349 g/mol. The minimum Gasteiger partial charge on any atom is -0.465 e. The van der Waals surface area contributed by atoms with E-state index >= 15 is 0 Å². The number of furan rings is 1. The maximum Gasteiger partial charge on any atom is 0.405 e. The molecule has 1 aromatic carbocycles. The van der Waals surface area contributed by atoms with Crippen LogP contribution in [0.2, 0.25) is 0 Å². The van der Waals surface area contributed by atoms with Crippen molar-refractivity contribution in [3.63, 3.8) is 0 Å². The van der Waals surface area contributed by atoms with Gasteiger partial charge < -0.3 is 24.3 Å². The van der Waals surface area contributed by atoms with E-state index < -0.39 is 17.4 Å². The quantitative estimate of drug-likeness (QED) is 0.324. The van der Waals surface area contributed by atoms with Gasteiger partial charge in [-0.25, -0.2) is 4.79 Å². The second-order valence-corrected chi connectivity index (χ2v) is 6.30. The van der Waals surface area contributed by atoms with Crippen LogP contribution >= 0.6 is 0 Å². The van der Waals surface area contributed by atoms with Gasteiger partial charge in [0.2, 0.25) is 0 Å². The summed E-state index contributed by atoms with van der Waals surface area (Å²) in [6.45, 7) is 3.53. The number of carboxylic acid groups (broad SMARTS) is 1. The summed E-state index contributed by atoms with van der Waals surface area (Å²) in [6.07, 6.45) is -1.24. The molecule has 1 aliphatic rings. The van der Waals surface area contributed by atoms with Gasteiger partial charge in [-0.3, -0.25) is 16.1 Å². The first kappa shape index (κ1) is 17.2. The Hall–Kier alpha value is -2.62. The lowest BCUT2D eigenvalue weighted by molar-refractivity contribution is -0.274. The molecule has 0 unspecified atom stereocenters. The van der Waals surface area contributed by atoms with Crippen LogP contribution in [0.1, 0.15) is 25.2 Å². The fourth-order valence-corrected chi connectivity index (χ4v) is 2.73. The van der Waals surface area contributed by atoms with Crippen molar-refractivity contribution in [2.24, 2.45) is 0 Å². The number of carbonyl (C=O) groups is 1. The molecule has 0 aliphatic carbocycles. The molecule has 1 saturated heterocycles. The van der Waals surface area contributed by atoms with Crippen molar-refractivity contribution in [2.45, 2.75) is 25.2 Å². The van der Waals surface area contributed by atoms with Gasteiger partial charge in [-0.15, -0.1) is 0 Å². The lowest BCUT2D eigenvalue weighted by Crippen LogP contribution is -2.58. The number of rotatable bonds is 3. The third-order valence-corrected chi connectivity index (χ3v) is 4.09. The molecule has 0 radical (unpaired) electrons. The summed E-state index contributed by atoms with van der Waals surface area (Å²) >= 11 is 0. The number of amidine groups is 1. The predicted molar refractivity (Wildman–Crippen MR) is 86.8 cm³/mol. The van der Waals surface area contributed by atoms with Crippen LogP contribution in [0.15, 0.2) is 28.7 Å². The summed E-state index contributed by atoms with van der Waals surface area (Å²) in [4.78, 5) is 11.3. The van der Waals surface area contributed by atoms with E-state index in [1.54, 1.807) is 43.6 Å². The molecule has 9 nitrogen and oxygen atoms in total. The fourth-order valence-electron chi connectivity index (χ4n) is 2.73. The highest BCUT2D eigenvalue weighted by molar-refractivity contribution is 6.07. The highest BCUT2D eigenvalue weighted by Gasteiger charge is 2.45. The summed E-state index contributed by atoms with van der Waals surface area (Å²) in [5.74, 6) is -0.724. The minimum absolute atomic E-state index is 0.0250. The van der Waals surface area contributed by atoms with Crippen LogP contribution < -0.4 is 10.8 Å². The molecule has 0 atom stereocenters. The van der Waals surface area contributed by atoms with E-state index in [9.17, 15) is 9.90 Å². The molecule has 0 spiro atoms. The first-order valence-corrected chi connectivity index (χ1v) is 7.57. The number of hydrogen-bond donors (Lipinski definition) is 5. The summed E-state index contributed by atoms with van der Waals surface area (Å²) < 4.78 is 17.1. The SMILES string of the molecule is CC1(C)OCC(NC(=O)O)(c2cc3c(C(=N)NO)cccc3o2)CO1. The average Bonchev–Trinajstić information content (AvgIpc) is 3.00. The Kier molecular flexibility index (Phi) is 4.15. The molecule has 1 aliphatic heterocycles. The van der Waals surface area contributed by atoms with Crippen molar-refractivity contribution in [3.8, 4) is 0 Å². The van der Waals surface area contributed by atoms with E-state index in [1.807, 2.05) is 0 Å². The van der Waals surface area contributed by atoms with E-state index in [2.05, 4.69) is 5.32 Å². The third kappa shape index (κ3) is 3.16. The van der Waals surface area contributed by atoms with Gasteiger partial charge in [-0.05, 0) is 26.0 Å². The topological polar surface area (TPSA) is 137 Å². The Labute approximate surface area is 143 Å². The van der Waals surface area contributed by atoms with Crippen molar-refractivity contribution < 1.29 is 29.0 Å². The van der Waals surface area contributed by atoms with Gasteiger partial charge in [0.1, 0.15) is 22.7 Å². The van der Waals surface area contributed by atoms with Gasteiger partial charge in [-0.2, -0.15) is 0 Å². The zero-order chi connectivity index (χ0) is 18.2. The van der Waals surface area contributed by atoms with Crippen molar-refractivity contribution in [1.29, 1.82) is 5.41 Å². The molecule has 9 heteroatoms. The number of benzene rings is 1. The summed E-state index contributed by atoms with van der Waals surface area (Å²) in [6, 6.07) is 6.63. The van der Waals surface area contributed by atoms with Gasteiger partial charge in [-0.1, -0.05) is 12.1 Å². The lowest BCUT2D eigenvalue weighted by atomic mass is 9.96. The second kappa shape index (κ2) is 6.03. The van der Waals surface area contributed by atoms with E-state index in [-0.39, 0.29) is 19.0 Å². The fraction of sp³-hybridized carbons (Fsp3) is 0.375. The number of amides is 1. The zero-order valence-electron chi connectivity index (χ0n) is 13.8. The van der Waals surface area contributed by atoms with Crippen LogP contribution in [0, 0.1) is 5.41 Å². The number of hydroxylamine groups is 1. The molecule has 1 fully saturated rings. The Morgan fingerprint density at radius 1 is 1.28 bits per heavy atom. The molecule has 3 rings (SSSR count). The highest BCUT2D eigenvalue weighted by atomic mass is 16.7. The Bertz CT molecular complexity index is 818. The van der Waals surface area contributed by atoms with Crippen LogP contribution in [0.25, 0.3) is 11.0 Å². The smallest absolute Gasteiger partial charge is 0.405 e. The third-order valence-electron chi connectivity index (χ3n) is 4.09. The maximum atomic E-state index is 11.3. The Balaban J connectivity index is 2.08. The van der Waals surface area contributed by atoms with Gasteiger partial charge in [0.25, 0.3) is 0 Å². The molecule has 1 aromatic heterocycles. The molecule has 0 saturated carbocycles. The predicted octanol–water partition coefficient (Wildman–Crippen LogP) is 1.98. The average molecular weight is 349 g/mol. The molecule has 2 aromatic rings. The Morgan fingerprint density at radius 2 is 1.96 bits per heavy atom. The largest absolute Gasteiger partial charge is 0.465 e. The first-order valence-electron chi connectivity index (χ1n) is 7.57. The zero-order valence-corrected chi connectivity index (χ0v) is 13.8. The van der Waals surface area contributed by atoms with Gasteiger partial charge in [0, 0.05) is 10.9 Å². The molecular weight excluding hydrogens is 330 g/mol. The number of nitrogens with one attached hydrogen (secondary N) is 3. The standard InChI is InChI=1S/C16H19N3O6/c1-15(2)23-7-16(8-24-15,18-14(20)21)12-6-10-9(13(17)19-22)4-3-5-11(10)25-12/h3-6,18,22H,7-8H2,1-2H3,(H2,17,19)(H,20,21). The van der Waals surface area contributed by atoms with Crippen LogP contribution in [0.4, 0.5) is 4.79 Å². The summed E-state index contributed by atoms with van der Waals surface area (Å²) in [7, 11) is 0.